The number of hydrogen-bond acceptors (Lipinski definition) is 2. The molecule has 0 atom stereocenters. The molecular formula is C10H15NaO2S. The summed E-state index contributed by atoms with van der Waals surface area (Å²) >= 11 is -0.299. The van der Waals surface area contributed by atoms with Gasteiger partial charge in [-0.3, -0.25) is 0 Å². The third-order valence-corrected chi connectivity index (χ3v) is 2.00. The van der Waals surface area contributed by atoms with Gasteiger partial charge < -0.3 is 4.18 Å². The van der Waals surface area contributed by atoms with Gasteiger partial charge in [-0.05, 0) is 30.0 Å². The second kappa shape index (κ2) is 7.46. The van der Waals surface area contributed by atoms with Gasteiger partial charge in [0.15, 0.2) is 11.9 Å². The van der Waals surface area contributed by atoms with Gasteiger partial charge in [0.25, 0.3) is 0 Å². The number of thiol groups is 1. The molecule has 0 N–H and O–H groups in total. The van der Waals surface area contributed by atoms with Gasteiger partial charge >= 0.3 is 29.6 Å². The normalized spacial score (nSPS) is 9.64. The molecule has 74 valence electrons. The van der Waals surface area contributed by atoms with Gasteiger partial charge in [-0.2, -0.15) is 0 Å². The van der Waals surface area contributed by atoms with E-state index in [1.54, 1.807) is 0 Å². The molecule has 4 heteroatoms. The fourth-order valence-corrected chi connectivity index (χ4v) is 1.41. The van der Waals surface area contributed by atoms with Crippen molar-refractivity contribution in [1.82, 2.24) is 0 Å². The summed E-state index contributed by atoms with van der Waals surface area (Å²) < 4.78 is 14.9. The molecule has 0 saturated carbocycles. The summed E-state index contributed by atoms with van der Waals surface area (Å²) in [7, 11) is 0. The first-order valence-corrected chi connectivity index (χ1v) is 5.04. The molecule has 0 amide bonds. The van der Waals surface area contributed by atoms with E-state index in [1.165, 1.54) is 5.56 Å². The van der Waals surface area contributed by atoms with Crippen LogP contribution in [0, 0.1) is 5.92 Å². The van der Waals surface area contributed by atoms with Crippen LogP contribution in [0.1, 0.15) is 19.4 Å². The van der Waals surface area contributed by atoms with Gasteiger partial charge in [-0.15, -0.1) is 0 Å². The minimum atomic E-state index is -0.299. The molecule has 0 aliphatic carbocycles. The van der Waals surface area contributed by atoms with Gasteiger partial charge in [0.2, 0.25) is 0 Å². The molecule has 1 rings (SSSR count). The van der Waals surface area contributed by atoms with Crippen LogP contribution in [0.2, 0.25) is 0 Å². The SMILES string of the molecule is CC(C)Cc1ccc(O[SH]=O)cc1.[NaH]. The molecule has 0 fully saturated rings. The van der Waals surface area contributed by atoms with E-state index >= 15 is 0 Å². The van der Waals surface area contributed by atoms with Gasteiger partial charge in [0.1, 0.15) is 5.75 Å². The maximum atomic E-state index is 10.1. The van der Waals surface area contributed by atoms with Crippen LogP contribution < -0.4 is 4.18 Å². The van der Waals surface area contributed by atoms with Crippen LogP contribution in [-0.2, 0) is 18.4 Å². The number of benzene rings is 1. The Bertz CT molecular complexity index is 272. The number of hydrogen-bond donors (Lipinski definition) is 1. The van der Waals surface area contributed by atoms with Crippen molar-refractivity contribution in [2.75, 3.05) is 0 Å². The minimum absolute atomic E-state index is 0. The quantitative estimate of drug-likeness (QED) is 0.617. The predicted molar refractivity (Wildman–Crippen MR) is 62.3 cm³/mol. The summed E-state index contributed by atoms with van der Waals surface area (Å²) in [4.78, 5) is 0. The topological polar surface area (TPSA) is 26.3 Å². The Morgan fingerprint density at radius 3 is 2.29 bits per heavy atom. The summed E-state index contributed by atoms with van der Waals surface area (Å²) in [5.41, 5.74) is 1.28. The standard InChI is InChI=1S/C10H14O2S.Na.H/c1-8(2)7-9-3-5-10(6-4-9)12-13-11;;/h3-6,8,13H,7H2,1-2H3;;. The molecular weight excluding hydrogens is 207 g/mol. The van der Waals surface area contributed by atoms with E-state index in [9.17, 15) is 4.21 Å². The first-order chi connectivity index (χ1) is 6.22. The van der Waals surface area contributed by atoms with Gasteiger partial charge in [0.05, 0.1) is 0 Å². The fourth-order valence-electron chi connectivity index (χ4n) is 1.20. The molecule has 0 aliphatic heterocycles. The van der Waals surface area contributed by atoms with Crippen molar-refractivity contribution < 1.29 is 8.39 Å². The Balaban J connectivity index is 0.00000169. The van der Waals surface area contributed by atoms with Crippen molar-refractivity contribution in [3.05, 3.63) is 29.8 Å². The van der Waals surface area contributed by atoms with Crippen molar-refractivity contribution in [3.8, 4) is 5.75 Å². The van der Waals surface area contributed by atoms with E-state index in [-0.39, 0.29) is 41.5 Å². The van der Waals surface area contributed by atoms with Crippen molar-refractivity contribution >= 4 is 41.5 Å². The van der Waals surface area contributed by atoms with E-state index < -0.39 is 0 Å². The van der Waals surface area contributed by atoms with Crippen LogP contribution in [0.3, 0.4) is 0 Å². The van der Waals surface area contributed by atoms with E-state index in [1.807, 2.05) is 24.3 Å². The summed E-state index contributed by atoms with van der Waals surface area (Å²) in [6, 6.07) is 7.67. The molecule has 0 heterocycles. The van der Waals surface area contributed by atoms with Crippen LogP contribution in [0.4, 0.5) is 0 Å². The van der Waals surface area contributed by atoms with Crippen LogP contribution in [-0.4, -0.2) is 33.8 Å². The summed E-state index contributed by atoms with van der Waals surface area (Å²) in [5, 5.41) is 0. The second-order valence-corrected chi connectivity index (χ2v) is 3.74. The molecule has 1 aromatic carbocycles. The van der Waals surface area contributed by atoms with Crippen LogP contribution >= 0.6 is 0 Å². The Hall–Kier alpha value is 0.170. The summed E-state index contributed by atoms with van der Waals surface area (Å²) in [5.74, 6) is 1.30. The van der Waals surface area contributed by atoms with E-state index in [2.05, 4.69) is 13.8 Å². The van der Waals surface area contributed by atoms with Crippen molar-refractivity contribution in [3.63, 3.8) is 0 Å². The Kier molecular flexibility index (Phi) is 7.55. The average Bonchev–Trinajstić information content (AvgIpc) is 2.08. The van der Waals surface area contributed by atoms with Crippen molar-refractivity contribution in [2.24, 2.45) is 5.92 Å². The molecule has 0 aromatic heterocycles. The second-order valence-electron chi connectivity index (χ2n) is 3.41. The fraction of sp³-hybridized carbons (Fsp3) is 0.400. The maximum absolute atomic E-state index is 10.1. The van der Waals surface area contributed by atoms with Gasteiger partial charge in [-0.1, -0.05) is 26.0 Å². The third-order valence-electron chi connectivity index (χ3n) is 1.71. The monoisotopic (exact) mass is 222 g/mol. The van der Waals surface area contributed by atoms with Crippen molar-refractivity contribution in [2.45, 2.75) is 20.3 Å². The van der Waals surface area contributed by atoms with Crippen molar-refractivity contribution in [1.29, 1.82) is 0 Å². The average molecular weight is 222 g/mol. The predicted octanol–water partition coefficient (Wildman–Crippen LogP) is 1.48. The van der Waals surface area contributed by atoms with Crippen LogP contribution in [0.25, 0.3) is 0 Å². The van der Waals surface area contributed by atoms with E-state index in [0.29, 0.717) is 11.7 Å². The first kappa shape index (κ1) is 14.2. The molecule has 0 radical (unpaired) electrons. The van der Waals surface area contributed by atoms with Crippen LogP contribution in [0.15, 0.2) is 24.3 Å². The van der Waals surface area contributed by atoms with E-state index in [4.69, 9.17) is 4.18 Å². The summed E-state index contributed by atoms with van der Waals surface area (Å²) in [6.07, 6.45) is 1.06. The Morgan fingerprint density at radius 1 is 1.29 bits per heavy atom. The van der Waals surface area contributed by atoms with Gasteiger partial charge in [-0.25, -0.2) is 4.21 Å². The molecule has 2 nitrogen and oxygen atoms in total. The van der Waals surface area contributed by atoms with E-state index in [0.717, 1.165) is 6.42 Å². The zero-order chi connectivity index (χ0) is 9.68. The first-order valence-electron chi connectivity index (χ1n) is 4.31. The number of rotatable bonds is 4. The zero-order valence-electron chi connectivity index (χ0n) is 7.86. The van der Waals surface area contributed by atoms with Crippen LogP contribution in [0.5, 0.6) is 5.75 Å². The molecule has 1 aromatic rings. The molecule has 0 bridgehead atoms. The van der Waals surface area contributed by atoms with Gasteiger partial charge in [0, 0.05) is 0 Å². The molecule has 0 aliphatic rings. The third kappa shape index (κ3) is 5.15. The molecule has 14 heavy (non-hydrogen) atoms. The summed E-state index contributed by atoms with van der Waals surface area (Å²) in [6.45, 7) is 4.36. The molecule has 0 unspecified atom stereocenters. The molecule has 0 spiro atoms. The zero-order valence-corrected chi connectivity index (χ0v) is 8.75. The Labute approximate surface area is 111 Å². The Morgan fingerprint density at radius 2 is 1.86 bits per heavy atom. The molecule has 0 saturated heterocycles.